The van der Waals surface area contributed by atoms with Crippen molar-refractivity contribution in [3.63, 3.8) is 0 Å². The lowest BCUT2D eigenvalue weighted by Crippen LogP contribution is -2.32. The second kappa shape index (κ2) is 15.2. The van der Waals surface area contributed by atoms with E-state index in [9.17, 15) is 25.1 Å². The number of nitrogens with zero attached hydrogens (tertiary/aromatic N) is 3. The van der Waals surface area contributed by atoms with E-state index in [1.165, 1.54) is 5.56 Å². The van der Waals surface area contributed by atoms with Gasteiger partial charge in [-0.05, 0) is 61.4 Å². The zero-order valence-corrected chi connectivity index (χ0v) is 30.2. The highest BCUT2D eigenvalue weighted by Crippen LogP contribution is 2.52. The minimum atomic E-state index is -0.873. The van der Waals surface area contributed by atoms with Crippen LogP contribution in [-0.4, -0.2) is 45.5 Å². The first-order chi connectivity index (χ1) is 25.1. The van der Waals surface area contributed by atoms with Gasteiger partial charge >= 0.3 is 11.9 Å². The summed E-state index contributed by atoms with van der Waals surface area (Å²) >= 11 is 0. The molecule has 0 saturated heterocycles. The number of para-hydroxylation sites is 1. The van der Waals surface area contributed by atoms with Crippen LogP contribution in [0.4, 0.5) is 11.4 Å². The number of carboxylic acid groups (broad SMARTS) is 2. The number of allylic oxidation sites excluding steroid dienone is 6. The Morgan fingerprint density at radius 1 is 0.865 bits per heavy atom. The summed E-state index contributed by atoms with van der Waals surface area (Å²) in [7, 11) is 0. The average molecular weight is 693 g/mol. The van der Waals surface area contributed by atoms with E-state index >= 15 is 0 Å². The Kier molecular flexibility index (Phi) is 10.6. The molecule has 264 valence electrons. The van der Waals surface area contributed by atoms with E-state index in [4.69, 9.17) is 0 Å². The molecular weight excluding hydrogens is 647 g/mol. The molecule has 2 atom stereocenters. The standard InChI is InChI=1S/C45H45N3O4/c1-4-5-27-44(2)36-17-11-12-18-38(36)47(28-25-41(49)50)39(44)23-19-33(31-46)20-24-40-45(3,30-32-13-7-6-8-14-32)37-22-21-34-15-9-10-16-35(34)43(37)48(40)29-26-42(51)52/h6-24H,4-5,25-30H2,1-3H3,(H-,49,50,51,52)/p+1. The number of hydrogen-bond donors (Lipinski definition) is 2. The van der Waals surface area contributed by atoms with Crippen LogP contribution in [0, 0.1) is 11.3 Å². The van der Waals surface area contributed by atoms with Crippen molar-refractivity contribution in [3.8, 4) is 6.07 Å². The fraction of sp³-hybridized carbons (Fsp3) is 0.289. The number of carboxylic acids is 2. The molecule has 2 aliphatic heterocycles. The van der Waals surface area contributed by atoms with Gasteiger partial charge in [0.05, 0.1) is 29.2 Å². The summed E-state index contributed by atoms with van der Waals surface area (Å²) < 4.78 is 2.10. The normalized spacial score (nSPS) is 20.5. The smallest absolute Gasteiger partial charge is 0.309 e. The molecule has 0 saturated carbocycles. The molecule has 7 heteroatoms. The molecule has 0 fully saturated rings. The zero-order chi connectivity index (χ0) is 36.9. The fourth-order valence-corrected chi connectivity index (χ4v) is 8.18. The predicted molar refractivity (Wildman–Crippen MR) is 207 cm³/mol. The number of anilines is 1. The molecule has 2 N–H and O–H groups in total. The highest BCUT2D eigenvalue weighted by molar-refractivity contribution is 6.04. The lowest BCUT2D eigenvalue weighted by molar-refractivity contribution is -0.436. The first-order valence-electron chi connectivity index (χ1n) is 18.1. The monoisotopic (exact) mass is 692 g/mol. The molecule has 0 bridgehead atoms. The van der Waals surface area contributed by atoms with Crippen molar-refractivity contribution in [2.24, 2.45) is 0 Å². The SMILES string of the molecule is CCCCC1(C)C(/C=C/C(C#N)=C/C=C2/N(CCC(=O)O)c3c(ccc4ccccc34)C2(C)Cc2ccccc2)=[N+](CCC(=O)O)c2ccccc21. The Hall–Kier alpha value is -5.74. The van der Waals surface area contributed by atoms with Crippen molar-refractivity contribution in [1.82, 2.24) is 0 Å². The van der Waals surface area contributed by atoms with E-state index in [0.717, 1.165) is 63.9 Å². The summed E-state index contributed by atoms with van der Waals surface area (Å²) in [6, 6.07) is 33.4. The predicted octanol–water partition coefficient (Wildman–Crippen LogP) is 9.25. The van der Waals surface area contributed by atoms with Gasteiger partial charge in [0.1, 0.15) is 6.42 Å². The topological polar surface area (TPSA) is 105 Å². The first-order valence-corrected chi connectivity index (χ1v) is 18.1. The Morgan fingerprint density at radius 2 is 1.58 bits per heavy atom. The van der Waals surface area contributed by atoms with E-state index in [1.54, 1.807) is 0 Å². The summed E-state index contributed by atoms with van der Waals surface area (Å²) in [5, 5.41) is 32.1. The van der Waals surface area contributed by atoms with Gasteiger partial charge in [-0.25, -0.2) is 0 Å². The maximum Gasteiger partial charge on any atom is 0.309 e. The Bertz CT molecular complexity index is 2170. The lowest BCUT2D eigenvalue weighted by Gasteiger charge is -2.30. The van der Waals surface area contributed by atoms with Gasteiger partial charge < -0.3 is 15.1 Å². The summed E-state index contributed by atoms with van der Waals surface area (Å²) in [4.78, 5) is 25.8. The number of hydrogen-bond acceptors (Lipinski definition) is 4. The second-order valence-electron chi connectivity index (χ2n) is 14.2. The fourth-order valence-electron chi connectivity index (χ4n) is 8.18. The third-order valence-corrected chi connectivity index (χ3v) is 10.8. The Balaban J connectivity index is 1.48. The third kappa shape index (κ3) is 6.94. The highest BCUT2D eigenvalue weighted by atomic mass is 16.4. The Labute approximate surface area is 306 Å². The van der Waals surface area contributed by atoms with Crippen LogP contribution in [0.1, 0.15) is 69.6 Å². The molecule has 2 aliphatic rings. The van der Waals surface area contributed by atoms with Crippen LogP contribution in [0.15, 0.2) is 127 Å². The summed E-state index contributed by atoms with van der Waals surface area (Å²) in [5.41, 5.74) is 6.94. The molecule has 0 radical (unpaired) electrons. The molecule has 0 aromatic heterocycles. The van der Waals surface area contributed by atoms with Gasteiger partial charge in [0.25, 0.3) is 0 Å². The van der Waals surface area contributed by atoms with Gasteiger partial charge in [-0.3, -0.25) is 9.59 Å². The van der Waals surface area contributed by atoms with Crippen molar-refractivity contribution in [2.45, 2.75) is 70.1 Å². The van der Waals surface area contributed by atoms with Crippen LogP contribution in [0.3, 0.4) is 0 Å². The molecule has 0 aliphatic carbocycles. The van der Waals surface area contributed by atoms with Gasteiger partial charge in [-0.1, -0.05) is 105 Å². The number of unbranched alkanes of at least 4 members (excludes halogenated alkanes) is 1. The average Bonchev–Trinajstić information content (AvgIpc) is 3.53. The maximum atomic E-state index is 12.0. The third-order valence-electron chi connectivity index (χ3n) is 10.8. The molecule has 6 rings (SSSR count). The molecule has 52 heavy (non-hydrogen) atoms. The lowest BCUT2D eigenvalue weighted by atomic mass is 9.75. The second-order valence-corrected chi connectivity index (χ2v) is 14.2. The minimum absolute atomic E-state index is 0.00993. The van der Waals surface area contributed by atoms with Crippen molar-refractivity contribution in [1.29, 1.82) is 5.26 Å². The van der Waals surface area contributed by atoms with Crippen LogP contribution >= 0.6 is 0 Å². The van der Waals surface area contributed by atoms with E-state index in [-0.39, 0.29) is 24.8 Å². The molecule has 4 aromatic carbocycles. The molecule has 2 heterocycles. The quantitative estimate of drug-likeness (QED) is 0.0776. The van der Waals surface area contributed by atoms with Crippen LogP contribution in [0.25, 0.3) is 10.8 Å². The largest absolute Gasteiger partial charge is 0.481 e. The first kappa shape index (κ1) is 36.1. The van der Waals surface area contributed by atoms with Crippen LogP contribution in [0.2, 0.25) is 0 Å². The van der Waals surface area contributed by atoms with Crippen molar-refractivity contribution < 1.29 is 24.4 Å². The minimum Gasteiger partial charge on any atom is -0.481 e. The van der Waals surface area contributed by atoms with E-state index in [0.29, 0.717) is 18.5 Å². The number of benzene rings is 4. The zero-order valence-electron chi connectivity index (χ0n) is 30.2. The summed E-state index contributed by atoms with van der Waals surface area (Å²) in [6.45, 7) is 7.20. The van der Waals surface area contributed by atoms with Crippen LogP contribution < -0.4 is 4.90 Å². The highest BCUT2D eigenvalue weighted by Gasteiger charge is 2.47. The molecule has 0 amide bonds. The number of rotatable bonds is 14. The molecule has 4 aromatic rings. The van der Waals surface area contributed by atoms with Gasteiger partial charge in [-0.15, -0.1) is 0 Å². The van der Waals surface area contributed by atoms with Crippen LogP contribution in [-0.2, 0) is 26.8 Å². The number of fused-ring (bicyclic) bond motifs is 4. The molecule has 0 spiro atoms. The van der Waals surface area contributed by atoms with Gasteiger partial charge in [-0.2, -0.15) is 9.84 Å². The number of nitriles is 1. The molecular formula is C45H46N3O4+. The molecule has 7 nitrogen and oxygen atoms in total. The van der Waals surface area contributed by atoms with Gasteiger partial charge in [0.15, 0.2) is 12.3 Å². The molecule has 2 unspecified atom stereocenters. The summed E-state index contributed by atoms with van der Waals surface area (Å²) in [5.74, 6) is -1.73. The van der Waals surface area contributed by atoms with Crippen LogP contribution in [0.5, 0.6) is 0 Å². The number of aliphatic carboxylic acids is 2. The number of carbonyl (C=O) groups is 2. The van der Waals surface area contributed by atoms with Gasteiger partial charge in [0, 0.05) is 40.7 Å². The van der Waals surface area contributed by atoms with E-state index < -0.39 is 17.4 Å². The Morgan fingerprint density at radius 3 is 2.31 bits per heavy atom. The van der Waals surface area contributed by atoms with E-state index in [2.05, 4.69) is 84.8 Å². The van der Waals surface area contributed by atoms with Gasteiger partial charge in [0.2, 0.25) is 5.69 Å². The summed E-state index contributed by atoms with van der Waals surface area (Å²) in [6.07, 6.45) is 11.2. The van der Waals surface area contributed by atoms with Crippen molar-refractivity contribution in [2.75, 3.05) is 18.0 Å². The van der Waals surface area contributed by atoms with Crippen molar-refractivity contribution >= 4 is 39.8 Å². The van der Waals surface area contributed by atoms with E-state index in [1.807, 2.05) is 66.8 Å². The maximum absolute atomic E-state index is 12.0. The van der Waals surface area contributed by atoms with Crippen molar-refractivity contribution in [3.05, 3.63) is 143 Å².